The van der Waals surface area contributed by atoms with Crippen LogP contribution in [0.2, 0.25) is 0 Å². The number of β-lactam (4-membered cyclic amide) rings is 1. The minimum absolute atomic E-state index is 0.112. The van der Waals surface area contributed by atoms with Crippen LogP contribution < -0.4 is 10.6 Å². The van der Waals surface area contributed by atoms with Gasteiger partial charge in [0.1, 0.15) is 17.5 Å². The molecule has 2 rings (SSSR count). The normalized spacial score (nSPS) is 29.2. The molecular formula is C14H23N3O6S. The van der Waals surface area contributed by atoms with E-state index in [2.05, 4.69) is 10.6 Å². The number of carbonyl (C=O) groups excluding carboxylic acids is 3. The molecule has 2 saturated heterocycles. The van der Waals surface area contributed by atoms with Crippen molar-refractivity contribution in [2.45, 2.75) is 62.4 Å². The molecule has 4 atom stereocenters. The highest BCUT2D eigenvalue weighted by molar-refractivity contribution is 7.93. The molecule has 136 valence electrons. The first-order chi connectivity index (χ1) is 10.9. The highest BCUT2D eigenvalue weighted by atomic mass is 32.2. The van der Waals surface area contributed by atoms with Crippen molar-refractivity contribution in [1.82, 2.24) is 15.5 Å². The lowest BCUT2D eigenvalue weighted by atomic mass is 9.97. The number of nitrogens with one attached hydrogen (secondary N) is 2. The highest BCUT2D eigenvalue weighted by Gasteiger charge is 2.67. The number of hydrogen-bond donors (Lipinski definition) is 3. The van der Waals surface area contributed by atoms with Gasteiger partial charge in [0.15, 0.2) is 9.84 Å². The van der Waals surface area contributed by atoms with E-state index in [0.717, 1.165) is 4.90 Å². The lowest BCUT2D eigenvalue weighted by molar-refractivity contribution is -0.150. The number of amides is 3. The molecular weight excluding hydrogens is 338 g/mol. The van der Waals surface area contributed by atoms with Gasteiger partial charge in [0.05, 0.1) is 17.8 Å². The molecule has 0 aromatic rings. The summed E-state index contributed by atoms with van der Waals surface area (Å²) >= 11 is 0. The fourth-order valence-corrected chi connectivity index (χ4v) is 5.16. The van der Waals surface area contributed by atoms with Crippen LogP contribution in [0, 0.1) is 0 Å². The van der Waals surface area contributed by atoms with Crippen LogP contribution in [0.3, 0.4) is 0 Å². The first-order valence-corrected chi connectivity index (χ1v) is 9.26. The molecule has 0 spiro atoms. The quantitative estimate of drug-likeness (QED) is 0.491. The average Bonchev–Trinajstić information content (AvgIpc) is 2.60. The lowest BCUT2D eigenvalue weighted by Crippen LogP contribution is -2.61. The number of aliphatic hydroxyl groups is 1. The van der Waals surface area contributed by atoms with Crippen molar-refractivity contribution in [1.29, 1.82) is 0 Å². The summed E-state index contributed by atoms with van der Waals surface area (Å²) in [4.78, 5) is 37.4. The number of carbonyl (C=O) groups is 3. The van der Waals surface area contributed by atoms with Crippen LogP contribution in [0.5, 0.6) is 0 Å². The predicted molar refractivity (Wildman–Crippen MR) is 84.3 cm³/mol. The Morgan fingerprint density at radius 1 is 1.33 bits per heavy atom. The first-order valence-electron chi connectivity index (χ1n) is 7.71. The van der Waals surface area contributed by atoms with Gasteiger partial charge in [0.25, 0.3) is 0 Å². The molecule has 2 aliphatic heterocycles. The van der Waals surface area contributed by atoms with Gasteiger partial charge in [0.2, 0.25) is 17.7 Å². The summed E-state index contributed by atoms with van der Waals surface area (Å²) in [6, 6.07) is -2.57. The van der Waals surface area contributed by atoms with E-state index in [9.17, 15) is 22.8 Å². The van der Waals surface area contributed by atoms with Gasteiger partial charge in [-0.05, 0) is 27.7 Å². The number of fused-ring (bicyclic) bond motifs is 1. The predicted octanol–water partition coefficient (Wildman–Crippen LogP) is -1.88. The standard InChI is InChI=1S/C14H23N3O6S/c1-7(6-18)15-12(20)8(2)16-13(21)11-14(3,4)24(22,23)10-5-9(19)17(10)11/h7-8,10-11,18H,5-6H2,1-4H3,(H,15,20)(H,16,21). The van der Waals surface area contributed by atoms with E-state index in [0.29, 0.717) is 0 Å². The van der Waals surface area contributed by atoms with Gasteiger partial charge in [-0.15, -0.1) is 0 Å². The monoisotopic (exact) mass is 361 g/mol. The smallest absolute Gasteiger partial charge is 0.245 e. The van der Waals surface area contributed by atoms with Gasteiger partial charge in [-0.1, -0.05) is 0 Å². The molecule has 9 nitrogen and oxygen atoms in total. The van der Waals surface area contributed by atoms with E-state index in [4.69, 9.17) is 5.11 Å². The zero-order chi connectivity index (χ0) is 18.4. The molecule has 3 N–H and O–H groups in total. The number of nitrogens with zero attached hydrogens (tertiary/aromatic N) is 1. The van der Waals surface area contributed by atoms with Gasteiger partial charge in [-0.25, -0.2) is 8.42 Å². The van der Waals surface area contributed by atoms with E-state index in [1.54, 1.807) is 6.92 Å². The molecule has 0 aliphatic carbocycles. The van der Waals surface area contributed by atoms with Crippen molar-refractivity contribution in [3.63, 3.8) is 0 Å². The van der Waals surface area contributed by atoms with Crippen molar-refractivity contribution < 1.29 is 27.9 Å². The van der Waals surface area contributed by atoms with Crippen LogP contribution in [-0.4, -0.2) is 71.0 Å². The van der Waals surface area contributed by atoms with Crippen LogP contribution in [0.25, 0.3) is 0 Å². The van der Waals surface area contributed by atoms with Crippen molar-refractivity contribution in [3.8, 4) is 0 Å². The molecule has 10 heteroatoms. The molecule has 2 fully saturated rings. The second kappa shape index (κ2) is 5.99. The van der Waals surface area contributed by atoms with E-state index in [1.165, 1.54) is 20.8 Å². The number of hydrogen-bond acceptors (Lipinski definition) is 6. The Kier molecular flexibility index (Phi) is 4.66. The molecule has 4 unspecified atom stereocenters. The summed E-state index contributed by atoms with van der Waals surface area (Å²) in [5, 5.41) is 12.9. The minimum Gasteiger partial charge on any atom is -0.394 e. The van der Waals surface area contributed by atoms with Crippen molar-refractivity contribution in [2.24, 2.45) is 0 Å². The Hall–Kier alpha value is -1.68. The van der Waals surface area contributed by atoms with Crippen LogP contribution in [0.4, 0.5) is 0 Å². The second-order valence-corrected chi connectivity index (χ2v) is 9.52. The van der Waals surface area contributed by atoms with Crippen LogP contribution in [0.1, 0.15) is 34.1 Å². The molecule has 3 amide bonds. The Morgan fingerprint density at radius 2 is 1.92 bits per heavy atom. The highest BCUT2D eigenvalue weighted by Crippen LogP contribution is 2.45. The Morgan fingerprint density at radius 3 is 2.42 bits per heavy atom. The largest absolute Gasteiger partial charge is 0.394 e. The molecule has 0 saturated carbocycles. The number of aliphatic hydroxyl groups excluding tert-OH is 1. The van der Waals surface area contributed by atoms with E-state index < -0.39 is 49.9 Å². The minimum atomic E-state index is -3.66. The number of rotatable bonds is 5. The van der Waals surface area contributed by atoms with E-state index in [-0.39, 0.29) is 18.9 Å². The van der Waals surface area contributed by atoms with Gasteiger partial charge < -0.3 is 20.6 Å². The third-order valence-corrected chi connectivity index (χ3v) is 7.44. The van der Waals surface area contributed by atoms with Gasteiger partial charge in [-0.2, -0.15) is 0 Å². The zero-order valence-electron chi connectivity index (χ0n) is 14.1. The molecule has 24 heavy (non-hydrogen) atoms. The third-order valence-electron chi connectivity index (χ3n) is 4.64. The van der Waals surface area contributed by atoms with Gasteiger partial charge in [0, 0.05) is 6.04 Å². The summed E-state index contributed by atoms with van der Waals surface area (Å²) in [5.41, 5.74) is 0. The fraction of sp³-hybridized carbons (Fsp3) is 0.786. The van der Waals surface area contributed by atoms with Crippen LogP contribution in [-0.2, 0) is 24.2 Å². The fourth-order valence-electron chi connectivity index (χ4n) is 3.03. The summed E-state index contributed by atoms with van der Waals surface area (Å²) in [5.74, 6) is -1.58. The Labute approximate surface area is 140 Å². The molecule has 0 aromatic heterocycles. The maximum Gasteiger partial charge on any atom is 0.245 e. The maximum absolute atomic E-state index is 12.6. The van der Waals surface area contributed by atoms with Crippen molar-refractivity contribution >= 4 is 27.6 Å². The maximum atomic E-state index is 12.6. The van der Waals surface area contributed by atoms with Crippen molar-refractivity contribution in [2.75, 3.05) is 6.61 Å². The molecule has 0 radical (unpaired) electrons. The Bertz CT molecular complexity index is 674. The van der Waals surface area contributed by atoms with Gasteiger partial charge in [-0.3, -0.25) is 14.4 Å². The van der Waals surface area contributed by atoms with E-state index >= 15 is 0 Å². The van der Waals surface area contributed by atoms with Gasteiger partial charge >= 0.3 is 0 Å². The Balaban J connectivity index is 2.14. The topological polar surface area (TPSA) is 133 Å². The summed E-state index contributed by atoms with van der Waals surface area (Å²) in [7, 11) is -3.66. The molecule has 2 aliphatic rings. The summed E-state index contributed by atoms with van der Waals surface area (Å²) in [6.07, 6.45) is -0.112. The SMILES string of the molecule is CC(CO)NC(=O)C(C)NC(=O)C1N2C(=O)CC2S(=O)(=O)C1(C)C. The summed E-state index contributed by atoms with van der Waals surface area (Å²) in [6.45, 7) is 5.63. The molecule has 2 heterocycles. The zero-order valence-corrected chi connectivity index (χ0v) is 14.9. The molecule has 0 bridgehead atoms. The van der Waals surface area contributed by atoms with Crippen LogP contribution >= 0.6 is 0 Å². The summed E-state index contributed by atoms with van der Waals surface area (Å²) < 4.78 is 23.5. The second-order valence-electron chi connectivity index (χ2n) is 6.83. The molecule has 0 aromatic carbocycles. The lowest BCUT2D eigenvalue weighted by Gasteiger charge is -2.37. The number of sulfone groups is 1. The van der Waals surface area contributed by atoms with Crippen LogP contribution in [0.15, 0.2) is 0 Å². The average molecular weight is 361 g/mol. The van der Waals surface area contributed by atoms with Crippen molar-refractivity contribution in [3.05, 3.63) is 0 Å². The first kappa shape index (κ1) is 18.7. The third kappa shape index (κ3) is 2.67. The van der Waals surface area contributed by atoms with E-state index in [1.807, 2.05) is 0 Å².